The zero-order valence-corrected chi connectivity index (χ0v) is 17.4. The Morgan fingerprint density at radius 1 is 1.00 bits per heavy atom. The van der Waals surface area contributed by atoms with Gasteiger partial charge >= 0.3 is 0 Å². The lowest BCUT2D eigenvalue weighted by Crippen LogP contribution is -2.51. The molecule has 0 radical (unpaired) electrons. The van der Waals surface area contributed by atoms with Crippen LogP contribution in [0.1, 0.15) is 0 Å². The molecule has 1 unspecified atom stereocenters. The fraction of sp³-hybridized carbons (Fsp3) is 0.714. The van der Waals surface area contributed by atoms with Crippen molar-refractivity contribution in [3.8, 4) is 5.75 Å². The van der Waals surface area contributed by atoms with Crippen molar-refractivity contribution in [1.29, 1.82) is 0 Å². The zero-order chi connectivity index (χ0) is 19.8. The van der Waals surface area contributed by atoms with Gasteiger partial charge in [-0.15, -0.1) is 0 Å². The first kappa shape index (κ1) is 21.3. The molecule has 0 aliphatic carbocycles. The quantitative estimate of drug-likeness (QED) is 0.655. The Balaban J connectivity index is 1.31. The van der Waals surface area contributed by atoms with Gasteiger partial charge in [-0.05, 0) is 12.1 Å². The van der Waals surface area contributed by atoms with Gasteiger partial charge in [-0.1, -0.05) is 6.07 Å². The normalized spacial score (nSPS) is 20.8. The second kappa shape index (κ2) is 11.0. The van der Waals surface area contributed by atoms with Crippen LogP contribution in [0.3, 0.4) is 0 Å². The molecule has 2 aliphatic rings. The van der Waals surface area contributed by atoms with Crippen molar-refractivity contribution in [1.82, 2.24) is 14.7 Å². The summed E-state index contributed by atoms with van der Waals surface area (Å²) >= 11 is 0. The first-order valence-electron chi connectivity index (χ1n) is 10.4. The monoisotopic (exact) mass is 392 g/mol. The molecule has 28 heavy (non-hydrogen) atoms. The third kappa shape index (κ3) is 6.90. The molecule has 0 aromatic heterocycles. The molecule has 0 saturated carbocycles. The standard InChI is InChI=1S/C21H36N4O3/c1-22(2)19-4-3-5-21(16-19)28-18-20(26)17-25-10-8-23(9-11-25)6-7-24-12-14-27-15-13-24/h3-5,16,20,26H,6-15,17-18H2,1-2H3. The highest BCUT2D eigenvalue weighted by Gasteiger charge is 2.20. The smallest absolute Gasteiger partial charge is 0.121 e. The fourth-order valence-electron chi connectivity index (χ4n) is 3.70. The lowest BCUT2D eigenvalue weighted by molar-refractivity contribution is 0.0241. The van der Waals surface area contributed by atoms with Crippen LogP contribution in [0.25, 0.3) is 0 Å². The summed E-state index contributed by atoms with van der Waals surface area (Å²) in [5.74, 6) is 0.804. The van der Waals surface area contributed by atoms with Crippen LogP contribution in [-0.2, 0) is 4.74 Å². The summed E-state index contributed by atoms with van der Waals surface area (Å²) in [6, 6.07) is 7.96. The van der Waals surface area contributed by atoms with Crippen molar-refractivity contribution >= 4 is 5.69 Å². The number of morpholine rings is 1. The van der Waals surface area contributed by atoms with E-state index in [1.807, 2.05) is 43.3 Å². The SMILES string of the molecule is CN(C)c1cccc(OCC(O)CN2CCN(CCN3CCOCC3)CC2)c1. The minimum absolute atomic E-state index is 0.328. The second-order valence-corrected chi connectivity index (χ2v) is 7.95. The van der Waals surface area contributed by atoms with E-state index in [4.69, 9.17) is 9.47 Å². The van der Waals surface area contributed by atoms with E-state index < -0.39 is 6.10 Å². The van der Waals surface area contributed by atoms with Crippen molar-refractivity contribution in [2.24, 2.45) is 0 Å². The van der Waals surface area contributed by atoms with Crippen molar-refractivity contribution in [2.75, 3.05) is 97.7 Å². The van der Waals surface area contributed by atoms with Gasteiger partial charge in [0.25, 0.3) is 0 Å². The van der Waals surface area contributed by atoms with Crippen molar-refractivity contribution in [3.63, 3.8) is 0 Å². The van der Waals surface area contributed by atoms with Crippen LogP contribution >= 0.6 is 0 Å². The predicted octanol–water partition coefficient (Wildman–Crippen LogP) is 0.442. The molecule has 2 fully saturated rings. The molecular weight excluding hydrogens is 356 g/mol. The summed E-state index contributed by atoms with van der Waals surface area (Å²) < 4.78 is 11.2. The van der Waals surface area contributed by atoms with Gasteiger partial charge in [0.2, 0.25) is 0 Å². The average molecular weight is 393 g/mol. The minimum Gasteiger partial charge on any atom is -0.491 e. The molecule has 2 aliphatic heterocycles. The van der Waals surface area contributed by atoms with Crippen LogP contribution in [0.5, 0.6) is 5.75 Å². The Labute approximate surface area is 169 Å². The Hall–Kier alpha value is -1.38. The zero-order valence-electron chi connectivity index (χ0n) is 17.4. The summed E-state index contributed by atoms with van der Waals surface area (Å²) in [4.78, 5) is 9.40. The summed E-state index contributed by atoms with van der Waals surface area (Å²) in [6.07, 6.45) is -0.470. The third-order valence-electron chi connectivity index (χ3n) is 5.55. The Morgan fingerprint density at radius 3 is 2.32 bits per heavy atom. The number of benzene rings is 1. The average Bonchev–Trinajstić information content (AvgIpc) is 2.73. The Bertz CT molecular complexity index is 573. The largest absolute Gasteiger partial charge is 0.491 e. The predicted molar refractivity (Wildman–Crippen MR) is 112 cm³/mol. The molecule has 0 bridgehead atoms. The number of hydrogen-bond donors (Lipinski definition) is 1. The second-order valence-electron chi connectivity index (χ2n) is 7.95. The molecule has 1 aromatic carbocycles. The maximum atomic E-state index is 10.4. The summed E-state index contributed by atoms with van der Waals surface area (Å²) in [5.41, 5.74) is 1.10. The van der Waals surface area contributed by atoms with E-state index in [9.17, 15) is 5.11 Å². The van der Waals surface area contributed by atoms with Crippen molar-refractivity contribution in [3.05, 3.63) is 24.3 Å². The van der Waals surface area contributed by atoms with Crippen LogP contribution < -0.4 is 9.64 Å². The molecule has 1 aromatic rings. The number of β-amino-alcohol motifs (C(OH)–C–C–N with tert-alkyl or cyclic N) is 1. The molecular formula is C21H36N4O3. The van der Waals surface area contributed by atoms with E-state index in [0.29, 0.717) is 13.2 Å². The van der Waals surface area contributed by atoms with Gasteiger partial charge in [0.1, 0.15) is 18.5 Å². The number of piperazine rings is 1. The highest BCUT2D eigenvalue weighted by molar-refractivity contribution is 5.49. The van der Waals surface area contributed by atoms with E-state index in [1.54, 1.807) is 0 Å². The molecule has 3 rings (SSSR count). The first-order chi connectivity index (χ1) is 13.6. The molecule has 158 valence electrons. The van der Waals surface area contributed by atoms with E-state index in [2.05, 4.69) is 14.7 Å². The lowest BCUT2D eigenvalue weighted by atomic mass is 10.2. The molecule has 2 heterocycles. The highest BCUT2D eigenvalue weighted by atomic mass is 16.5. The number of anilines is 1. The third-order valence-corrected chi connectivity index (χ3v) is 5.55. The van der Waals surface area contributed by atoms with Crippen molar-refractivity contribution in [2.45, 2.75) is 6.10 Å². The molecule has 7 heteroatoms. The number of ether oxygens (including phenoxy) is 2. The van der Waals surface area contributed by atoms with Crippen LogP contribution in [0.4, 0.5) is 5.69 Å². The molecule has 1 N–H and O–H groups in total. The van der Waals surface area contributed by atoms with E-state index in [0.717, 1.165) is 77.0 Å². The molecule has 7 nitrogen and oxygen atoms in total. The molecule has 0 amide bonds. The van der Waals surface area contributed by atoms with Gasteiger partial charge in [0.15, 0.2) is 0 Å². The maximum absolute atomic E-state index is 10.4. The lowest BCUT2D eigenvalue weighted by Gasteiger charge is -2.37. The minimum atomic E-state index is -0.470. The number of aliphatic hydroxyl groups is 1. The van der Waals surface area contributed by atoms with Gasteiger partial charge in [-0.2, -0.15) is 0 Å². The van der Waals surface area contributed by atoms with Gasteiger partial charge in [-0.3, -0.25) is 14.7 Å². The molecule has 2 saturated heterocycles. The van der Waals surface area contributed by atoms with Crippen LogP contribution in [0, 0.1) is 0 Å². The van der Waals surface area contributed by atoms with Crippen molar-refractivity contribution < 1.29 is 14.6 Å². The Morgan fingerprint density at radius 2 is 1.64 bits per heavy atom. The Kier molecular flexibility index (Phi) is 8.36. The summed E-state index contributed by atoms with van der Waals surface area (Å²) in [7, 11) is 4.02. The fourth-order valence-corrected chi connectivity index (χ4v) is 3.70. The van der Waals surface area contributed by atoms with Gasteiger partial charge in [0, 0.05) is 84.8 Å². The van der Waals surface area contributed by atoms with Gasteiger partial charge in [-0.25, -0.2) is 0 Å². The number of rotatable bonds is 9. The van der Waals surface area contributed by atoms with Crippen LogP contribution in [0.15, 0.2) is 24.3 Å². The number of nitrogens with zero attached hydrogens (tertiary/aromatic N) is 4. The van der Waals surface area contributed by atoms with Crippen LogP contribution in [0.2, 0.25) is 0 Å². The number of hydrogen-bond acceptors (Lipinski definition) is 7. The summed E-state index contributed by atoms with van der Waals surface area (Å²) in [5, 5.41) is 10.4. The highest BCUT2D eigenvalue weighted by Crippen LogP contribution is 2.19. The maximum Gasteiger partial charge on any atom is 0.121 e. The molecule has 0 spiro atoms. The van der Waals surface area contributed by atoms with E-state index >= 15 is 0 Å². The molecule has 1 atom stereocenters. The summed E-state index contributed by atoms with van der Waals surface area (Å²) in [6.45, 7) is 11.3. The van der Waals surface area contributed by atoms with E-state index in [-0.39, 0.29) is 0 Å². The van der Waals surface area contributed by atoms with Gasteiger partial charge in [0.05, 0.1) is 13.2 Å². The van der Waals surface area contributed by atoms with Crippen LogP contribution in [-0.4, -0.2) is 119 Å². The first-order valence-corrected chi connectivity index (χ1v) is 10.4. The number of aliphatic hydroxyl groups excluding tert-OH is 1. The topological polar surface area (TPSA) is 51.7 Å². The van der Waals surface area contributed by atoms with Gasteiger partial charge < -0.3 is 19.5 Å². The van der Waals surface area contributed by atoms with E-state index in [1.165, 1.54) is 0 Å².